The molecule has 1 aromatic carbocycles. The third-order valence-corrected chi connectivity index (χ3v) is 3.19. The summed E-state index contributed by atoms with van der Waals surface area (Å²) in [4.78, 5) is 24.3. The number of rotatable bonds is 2. The Balaban J connectivity index is 2.35. The van der Waals surface area contributed by atoms with E-state index in [2.05, 4.69) is 5.32 Å². The van der Waals surface area contributed by atoms with Crippen LogP contribution in [0.25, 0.3) is 0 Å². The summed E-state index contributed by atoms with van der Waals surface area (Å²) < 4.78 is 14.0. The van der Waals surface area contributed by atoms with E-state index in [9.17, 15) is 19.1 Å². The van der Waals surface area contributed by atoms with Crippen molar-refractivity contribution in [3.8, 4) is 0 Å². The third kappa shape index (κ3) is 2.58. The van der Waals surface area contributed by atoms with Gasteiger partial charge in [-0.2, -0.15) is 0 Å². The Morgan fingerprint density at radius 1 is 1.47 bits per heavy atom. The summed E-state index contributed by atoms with van der Waals surface area (Å²) >= 11 is 0. The molecule has 1 aliphatic rings. The quantitative estimate of drug-likeness (QED) is 0.774. The summed E-state index contributed by atoms with van der Waals surface area (Å²) in [7, 11) is 0. The van der Waals surface area contributed by atoms with Crippen LogP contribution in [0.4, 0.5) is 10.1 Å². The van der Waals surface area contributed by atoms with Crippen molar-refractivity contribution in [1.82, 2.24) is 5.32 Å². The number of aliphatic hydroxyl groups is 1. The summed E-state index contributed by atoms with van der Waals surface area (Å²) in [6.07, 6.45) is -0.771. The highest BCUT2D eigenvalue weighted by Crippen LogP contribution is 2.25. The fourth-order valence-electron chi connectivity index (χ4n) is 2.02. The Kier molecular flexibility index (Phi) is 3.53. The van der Waals surface area contributed by atoms with E-state index in [0.29, 0.717) is 5.56 Å². The van der Waals surface area contributed by atoms with Gasteiger partial charge in [0, 0.05) is 0 Å². The van der Waals surface area contributed by atoms with E-state index in [-0.39, 0.29) is 12.2 Å². The zero-order valence-electron chi connectivity index (χ0n) is 10.7. The molecule has 2 amide bonds. The lowest BCUT2D eigenvalue weighted by molar-refractivity contribution is -0.132. The molecule has 2 atom stereocenters. The van der Waals surface area contributed by atoms with Gasteiger partial charge < -0.3 is 10.0 Å². The number of piperazine rings is 1. The fraction of sp³-hybridized carbons (Fsp3) is 0.385. The number of hydrogen-bond acceptors (Lipinski definition) is 4. The minimum Gasteiger partial charge on any atom is -0.389 e. The predicted molar refractivity (Wildman–Crippen MR) is 67.0 cm³/mol. The van der Waals surface area contributed by atoms with Crippen LogP contribution in [0, 0.1) is 5.82 Å². The lowest BCUT2D eigenvalue weighted by Crippen LogP contribution is -2.57. The minimum absolute atomic E-state index is 0.0716. The van der Waals surface area contributed by atoms with E-state index in [1.54, 1.807) is 13.0 Å². The van der Waals surface area contributed by atoms with Gasteiger partial charge >= 0.3 is 0 Å². The second-order valence-electron chi connectivity index (χ2n) is 4.60. The highest BCUT2D eigenvalue weighted by Gasteiger charge is 2.31. The van der Waals surface area contributed by atoms with Crippen LogP contribution >= 0.6 is 0 Å². The molecule has 2 N–H and O–H groups in total. The topological polar surface area (TPSA) is 69.6 Å². The molecule has 0 spiro atoms. The maximum Gasteiger partial charge on any atom is 0.249 e. The van der Waals surface area contributed by atoms with Gasteiger partial charge in [-0.25, -0.2) is 4.39 Å². The summed E-state index contributed by atoms with van der Waals surface area (Å²) in [5.74, 6) is -1.47. The molecule has 1 heterocycles. The number of carbonyl (C=O) groups excluding carboxylic acids is 2. The van der Waals surface area contributed by atoms with E-state index < -0.39 is 29.8 Å². The van der Waals surface area contributed by atoms with Crippen molar-refractivity contribution < 1.29 is 19.1 Å². The molecule has 0 aromatic heterocycles. The number of halogens is 1. The highest BCUT2D eigenvalue weighted by atomic mass is 19.1. The van der Waals surface area contributed by atoms with Crippen LogP contribution in [0.1, 0.15) is 25.5 Å². The van der Waals surface area contributed by atoms with Gasteiger partial charge in [0.05, 0.1) is 18.3 Å². The zero-order chi connectivity index (χ0) is 14.2. The molecule has 1 fully saturated rings. The predicted octanol–water partition coefficient (Wildman–Crippen LogP) is 0.730. The van der Waals surface area contributed by atoms with E-state index >= 15 is 0 Å². The number of aliphatic hydroxyl groups excluding tert-OH is 1. The second-order valence-corrected chi connectivity index (χ2v) is 4.60. The fourth-order valence-corrected chi connectivity index (χ4v) is 2.02. The number of amides is 2. The lowest BCUT2D eigenvalue weighted by atomic mass is 10.1. The van der Waals surface area contributed by atoms with E-state index in [1.165, 1.54) is 24.0 Å². The van der Waals surface area contributed by atoms with Crippen LogP contribution in [0.2, 0.25) is 0 Å². The number of carbonyl (C=O) groups is 2. The van der Waals surface area contributed by atoms with Gasteiger partial charge in [-0.05, 0) is 31.5 Å². The summed E-state index contributed by atoms with van der Waals surface area (Å²) in [6, 6.07) is 3.64. The number of anilines is 1. The van der Waals surface area contributed by atoms with Gasteiger partial charge in [0.25, 0.3) is 0 Å². The number of hydrogen-bond donors (Lipinski definition) is 2. The molecule has 6 heteroatoms. The Hall–Kier alpha value is -1.95. The van der Waals surface area contributed by atoms with Crippen LogP contribution in [0.5, 0.6) is 0 Å². The molecular weight excluding hydrogens is 251 g/mol. The Labute approximate surface area is 110 Å². The number of nitrogens with one attached hydrogen (secondary N) is 1. The molecule has 5 nitrogen and oxygen atoms in total. The standard InChI is InChI=1S/C13H15FN2O3/c1-7-13(19)15-12(18)6-16(7)11-4-3-9(8(2)17)5-10(11)14/h3-5,7-8,17H,6H2,1-2H3,(H,15,18,19)/t7?,8-/m0/s1. The van der Waals surface area contributed by atoms with Crippen LogP contribution in [-0.4, -0.2) is 29.5 Å². The molecule has 1 unspecified atom stereocenters. The van der Waals surface area contributed by atoms with Gasteiger partial charge in [0.2, 0.25) is 11.8 Å². The number of nitrogens with zero attached hydrogens (tertiary/aromatic N) is 1. The number of benzene rings is 1. The molecule has 0 aliphatic carbocycles. The van der Waals surface area contributed by atoms with Crippen molar-refractivity contribution in [1.29, 1.82) is 0 Å². The first kappa shape index (κ1) is 13.5. The van der Waals surface area contributed by atoms with Crippen LogP contribution in [0.15, 0.2) is 18.2 Å². The van der Waals surface area contributed by atoms with Gasteiger partial charge in [0.1, 0.15) is 11.9 Å². The molecule has 102 valence electrons. The van der Waals surface area contributed by atoms with Crippen LogP contribution in [0.3, 0.4) is 0 Å². The number of imide groups is 1. The van der Waals surface area contributed by atoms with Crippen molar-refractivity contribution in [2.45, 2.75) is 26.0 Å². The third-order valence-electron chi connectivity index (χ3n) is 3.19. The van der Waals surface area contributed by atoms with Crippen molar-refractivity contribution in [2.75, 3.05) is 11.4 Å². The Morgan fingerprint density at radius 3 is 2.74 bits per heavy atom. The molecule has 0 radical (unpaired) electrons. The molecule has 0 saturated carbocycles. The largest absolute Gasteiger partial charge is 0.389 e. The molecule has 19 heavy (non-hydrogen) atoms. The Morgan fingerprint density at radius 2 is 2.16 bits per heavy atom. The van der Waals surface area contributed by atoms with Gasteiger partial charge in [-0.15, -0.1) is 0 Å². The summed E-state index contributed by atoms with van der Waals surface area (Å²) in [5.41, 5.74) is 0.627. The first-order valence-electron chi connectivity index (χ1n) is 5.98. The monoisotopic (exact) mass is 266 g/mol. The zero-order valence-corrected chi connectivity index (χ0v) is 10.7. The highest BCUT2D eigenvalue weighted by molar-refractivity contribution is 6.04. The van der Waals surface area contributed by atoms with E-state index in [4.69, 9.17) is 0 Å². The molecule has 0 bridgehead atoms. The first-order chi connectivity index (χ1) is 8.90. The van der Waals surface area contributed by atoms with Crippen molar-refractivity contribution >= 4 is 17.5 Å². The maximum atomic E-state index is 14.0. The van der Waals surface area contributed by atoms with Crippen molar-refractivity contribution in [3.63, 3.8) is 0 Å². The average Bonchev–Trinajstić information content (AvgIpc) is 2.33. The summed E-state index contributed by atoms with van der Waals surface area (Å²) in [6.45, 7) is 3.07. The Bertz CT molecular complexity index is 531. The molecule has 1 aromatic rings. The maximum absolute atomic E-state index is 14.0. The smallest absolute Gasteiger partial charge is 0.249 e. The first-order valence-corrected chi connectivity index (χ1v) is 5.98. The van der Waals surface area contributed by atoms with Crippen molar-refractivity contribution in [2.24, 2.45) is 0 Å². The van der Waals surface area contributed by atoms with Gasteiger partial charge in [-0.3, -0.25) is 14.9 Å². The molecular formula is C13H15FN2O3. The van der Waals surface area contributed by atoms with Gasteiger partial charge in [0.15, 0.2) is 0 Å². The average molecular weight is 266 g/mol. The minimum atomic E-state index is -0.771. The van der Waals surface area contributed by atoms with Gasteiger partial charge in [-0.1, -0.05) is 6.07 Å². The SMILES string of the molecule is CC1C(=O)NC(=O)CN1c1ccc([C@H](C)O)cc1F. The van der Waals surface area contributed by atoms with E-state index in [1.807, 2.05) is 0 Å². The van der Waals surface area contributed by atoms with E-state index in [0.717, 1.165) is 0 Å². The normalized spacial score (nSPS) is 21.3. The second kappa shape index (κ2) is 4.97. The van der Waals surface area contributed by atoms with Crippen LogP contribution < -0.4 is 10.2 Å². The van der Waals surface area contributed by atoms with Crippen molar-refractivity contribution in [3.05, 3.63) is 29.6 Å². The summed E-state index contributed by atoms with van der Waals surface area (Å²) in [5, 5.41) is 11.6. The molecule has 2 rings (SSSR count). The van der Waals surface area contributed by atoms with Crippen LogP contribution in [-0.2, 0) is 9.59 Å². The lowest BCUT2D eigenvalue weighted by Gasteiger charge is -2.33. The molecule has 1 aliphatic heterocycles. The molecule has 1 saturated heterocycles.